The number of carbonyl (C=O) groups is 1. The summed E-state index contributed by atoms with van der Waals surface area (Å²) in [5, 5.41) is 18.8. The molecule has 8 heteroatoms. The zero-order valence-electron chi connectivity index (χ0n) is 13.6. The van der Waals surface area contributed by atoms with Gasteiger partial charge in [-0.05, 0) is 41.8 Å². The number of amides is 1. The highest BCUT2D eigenvalue weighted by Gasteiger charge is 2.22. The Kier molecular flexibility index (Phi) is 5.66. The summed E-state index contributed by atoms with van der Waals surface area (Å²) in [4.78, 5) is 12.2. The molecule has 0 aliphatic carbocycles. The highest BCUT2D eigenvalue weighted by Crippen LogP contribution is 2.26. The number of sulfonamides is 1. The fourth-order valence-corrected chi connectivity index (χ4v) is 3.32. The van der Waals surface area contributed by atoms with Crippen LogP contribution >= 0.6 is 0 Å². The van der Waals surface area contributed by atoms with Gasteiger partial charge in [0.1, 0.15) is 0 Å². The summed E-state index contributed by atoms with van der Waals surface area (Å²) in [5.41, 5.74) is 6.85. The molecule has 134 valence electrons. The number of benzene rings is 2. The standard InChI is InChI=1S/C17H20N2O5S/c1-11(8-13-4-7-15(20)16(21)9-13)17(22)19-25(23,24)14-5-2-12(10-18)3-6-14/h2-7,9,11,20-21H,8,10,18H2,1H3,(H,19,22). The predicted octanol–water partition coefficient (Wildman–Crippen LogP) is 1.24. The highest BCUT2D eigenvalue weighted by atomic mass is 32.2. The second-order valence-corrected chi connectivity index (χ2v) is 7.43. The summed E-state index contributed by atoms with van der Waals surface area (Å²) < 4.78 is 26.6. The van der Waals surface area contributed by atoms with Crippen molar-refractivity contribution in [2.45, 2.75) is 24.8 Å². The Labute approximate surface area is 146 Å². The summed E-state index contributed by atoms with van der Waals surface area (Å²) >= 11 is 0. The van der Waals surface area contributed by atoms with Crippen LogP contribution in [0.25, 0.3) is 0 Å². The van der Waals surface area contributed by atoms with Crippen molar-refractivity contribution in [1.29, 1.82) is 0 Å². The lowest BCUT2D eigenvalue weighted by Gasteiger charge is -2.13. The van der Waals surface area contributed by atoms with Crippen LogP contribution in [0.3, 0.4) is 0 Å². The van der Waals surface area contributed by atoms with Crippen LogP contribution in [0.5, 0.6) is 11.5 Å². The van der Waals surface area contributed by atoms with Gasteiger partial charge in [-0.25, -0.2) is 13.1 Å². The number of nitrogens with two attached hydrogens (primary N) is 1. The van der Waals surface area contributed by atoms with Crippen LogP contribution in [0.4, 0.5) is 0 Å². The molecule has 7 nitrogen and oxygen atoms in total. The van der Waals surface area contributed by atoms with Crippen LogP contribution < -0.4 is 10.5 Å². The van der Waals surface area contributed by atoms with Gasteiger partial charge < -0.3 is 15.9 Å². The lowest BCUT2D eigenvalue weighted by atomic mass is 10.0. The van der Waals surface area contributed by atoms with E-state index in [9.17, 15) is 23.4 Å². The molecule has 5 N–H and O–H groups in total. The molecule has 0 aliphatic rings. The van der Waals surface area contributed by atoms with Crippen LogP contribution in [0.15, 0.2) is 47.4 Å². The van der Waals surface area contributed by atoms with Crippen molar-refractivity contribution in [3.63, 3.8) is 0 Å². The third kappa shape index (κ3) is 4.71. The lowest BCUT2D eigenvalue weighted by molar-refractivity contribution is -0.122. The van der Waals surface area contributed by atoms with E-state index < -0.39 is 21.8 Å². The van der Waals surface area contributed by atoms with Gasteiger partial charge in [0.05, 0.1) is 4.90 Å². The SMILES string of the molecule is CC(Cc1ccc(O)c(O)c1)C(=O)NS(=O)(=O)c1ccc(CN)cc1. The summed E-state index contributed by atoms with van der Waals surface area (Å²) in [6, 6.07) is 10.1. The Morgan fingerprint density at radius 1 is 1.08 bits per heavy atom. The summed E-state index contributed by atoms with van der Waals surface area (Å²) in [5.74, 6) is -1.86. The zero-order valence-corrected chi connectivity index (χ0v) is 14.5. The number of phenols is 2. The second kappa shape index (κ2) is 7.54. The maximum atomic E-state index is 12.3. The second-order valence-electron chi connectivity index (χ2n) is 5.75. The van der Waals surface area contributed by atoms with Crippen LogP contribution in [-0.2, 0) is 27.8 Å². The van der Waals surface area contributed by atoms with Crippen LogP contribution in [0.2, 0.25) is 0 Å². The van der Waals surface area contributed by atoms with Gasteiger partial charge in [0, 0.05) is 12.5 Å². The van der Waals surface area contributed by atoms with E-state index in [0.29, 0.717) is 12.1 Å². The molecule has 0 aliphatic heterocycles. The minimum absolute atomic E-state index is 0.0208. The Morgan fingerprint density at radius 3 is 2.24 bits per heavy atom. The zero-order chi connectivity index (χ0) is 18.6. The Hall–Kier alpha value is -2.58. The van der Waals surface area contributed by atoms with Crippen molar-refractivity contribution in [3.8, 4) is 11.5 Å². The molecule has 0 bridgehead atoms. The number of rotatable bonds is 6. The number of hydrogen-bond acceptors (Lipinski definition) is 6. The molecule has 2 rings (SSSR count). The molecule has 0 aromatic heterocycles. The van der Waals surface area contributed by atoms with E-state index in [0.717, 1.165) is 5.56 Å². The van der Waals surface area contributed by atoms with Gasteiger partial charge in [-0.15, -0.1) is 0 Å². The molecule has 1 atom stereocenters. The molecule has 0 heterocycles. The van der Waals surface area contributed by atoms with Crippen molar-refractivity contribution < 1.29 is 23.4 Å². The number of nitrogens with one attached hydrogen (secondary N) is 1. The quantitative estimate of drug-likeness (QED) is 0.571. The van der Waals surface area contributed by atoms with Crippen LogP contribution in [0.1, 0.15) is 18.1 Å². The number of hydrogen-bond donors (Lipinski definition) is 4. The highest BCUT2D eigenvalue weighted by molar-refractivity contribution is 7.90. The van der Waals surface area contributed by atoms with Crippen LogP contribution in [0, 0.1) is 5.92 Å². The van der Waals surface area contributed by atoms with Gasteiger partial charge in [-0.1, -0.05) is 25.1 Å². The summed E-state index contributed by atoms with van der Waals surface area (Å²) in [6.45, 7) is 1.87. The topological polar surface area (TPSA) is 130 Å². The molecule has 1 unspecified atom stereocenters. The first-order valence-corrected chi connectivity index (χ1v) is 9.08. The third-order valence-electron chi connectivity index (χ3n) is 3.73. The molecule has 2 aromatic rings. The largest absolute Gasteiger partial charge is 0.504 e. The molecule has 2 aromatic carbocycles. The first kappa shape index (κ1) is 18.8. The molecule has 0 radical (unpaired) electrons. The molecule has 0 saturated heterocycles. The summed E-state index contributed by atoms with van der Waals surface area (Å²) in [6.07, 6.45) is 0.210. The molecule has 0 saturated carbocycles. The molecular formula is C17H20N2O5S. The van der Waals surface area contributed by atoms with Crippen molar-refractivity contribution >= 4 is 15.9 Å². The van der Waals surface area contributed by atoms with Gasteiger partial charge in [-0.3, -0.25) is 4.79 Å². The minimum Gasteiger partial charge on any atom is -0.504 e. The van der Waals surface area contributed by atoms with Crippen molar-refractivity contribution in [3.05, 3.63) is 53.6 Å². The first-order chi connectivity index (χ1) is 11.7. The van der Waals surface area contributed by atoms with Crippen molar-refractivity contribution in [2.24, 2.45) is 11.7 Å². The molecule has 0 fully saturated rings. The van der Waals surface area contributed by atoms with Crippen molar-refractivity contribution in [2.75, 3.05) is 0 Å². The van der Waals surface area contributed by atoms with E-state index in [2.05, 4.69) is 0 Å². The third-order valence-corrected chi connectivity index (χ3v) is 5.10. The molecular weight excluding hydrogens is 344 g/mol. The van der Waals surface area contributed by atoms with E-state index in [4.69, 9.17) is 5.73 Å². The fourth-order valence-electron chi connectivity index (χ4n) is 2.24. The average molecular weight is 364 g/mol. The van der Waals surface area contributed by atoms with Crippen molar-refractivity contribution in [1.82, 2.24) is 4.72 Å². The normalized spacial score (nSPS) is 12.6. The molecule has 1 amide bonds. The molecule has 0 spiro atoms. The summed E-state index contributed by atoms with van der Waals surface area (Å²) in [7, 11) is -3.97. The maximum Gasteiger partial charge on any atom is 0.264 e. The Balaban J connectivity index is 2.07. The number of phenolic OH excluding ortho intramolecular Hbond substituents is 2. The van der Waals surface area contributed by atoms with Gasteiger partial charge in [0.2, 0.25) is 5.91 Å². The van der Waals surface area contributed by atoms with E-state index in [1.807, 2.05) is 4.72 Å². The van der Waals surface area contributed by atoms with Crippen LogP contribution in [-0.4, -0.2) is 24.5 Å². The van der Waals surface area contributed by atoms with Gasteiger partial charge >= 0.3 is 0 Å². The van der Waals surface area contributed by atoms with E-state index >= 15 is 0 Å². The Bertz CT molecular complexity index is 863. The fraction of sp³-hybridized carbons (Fsp3) is 0.235. The van der Waals surface area contributed by atoms with Gasteiger partial charge in [-0.2, -0.15) is 0 Å². The average Bonchev–Trinajstić information content (AvgIpc) is 2.57. The lowest BCUT2D eigenvalue weighted by Crippen LogP contribution is -2.35. The van der Waals surface area contributed by atoms with E-state index in [1.165, 1.54) is 24.3 Å². The minimum atomic E-state index is -3.97. The first-order valence-electron chi connectivity index (χ1n) is 7.59. The monoisotopic (exact) mass is 364 g/mol. The molecule has 25 heavy (non-hydrogen) atoms. The predicted molar refractivity (Wildman–Crippen MR) is 92.3 cm³/mol. The smallest absolute Gasteiger partial charge is 0.264 e. The van der Waals surface area contributed by atoms with E-state index in [1.54, 1.807) is 25.1 Å². The Morgan fingerprint density at radius 2 is 1.68 bits per heavy atom. The van der Waals surface area contributed by atoms with Gasteiger partial charge in [0.25, 0.3) is 10.0 Å². The number of aromatic hydroxyl groups is 2. The maximum absolute atomic E-state index is 12.3. The number of carbonyl (C=O) groups excluding carboxylic acids is 1. The van der Waals surface area contributed by atoms with E-state index in [-0.39, 0.29) is 22.8 Å². The van der Waals surface area contributed by atoms with Gasteiger partial charge in [0.15, 0.2) is 11.5 Å².